The number of aromatic nitrogens is 3. The second-order valence-electron chi connectivity index (χ2n) is 7.28. The van der Waals surface area contributed by atoms with Gasteiger partial charge in [0.05, 0.1) is 17.5 Å². The molecule has 4 aromatic rings. The molecule has 144 valence electrons. The zero-order chi connectivity index (χ0) is 19.8. The van der Waals surface area contributed by atoms with Gasteiger partial charge in [-0.25, -0.2) is 15.0 Å². The minimum absolute atomic E-state index is 0.525. The number of para-hydroxylation sites is 1. The first-order chi connectivity index (χ1) is 14.2. The largest absolute Gasteiger partial charge is 0.366 e. The highest BCUT2D eigenvalue weighted by Gasteiger charge is 2.14. The van der Waals surface area contributed by atoms with Gasteiger partial charge in [-0.3, -0.25) is 0 Å². The highest BCUT2D eigenvalue weighted by Crippen LogP contribution is 2.29. The van der Waals surface area contributed by atoms with Crippen LogP contribution in [0.2, 0.25) is 0 Å². The number of pyridine rings is 1. The van der Waals surface area contributed by atoms with Crippen LogP contribution in [0, 0.1) is 13.8 Å². The standard InChI is InChI=1S/C23H22N6/c1-14-6-3-4-9-18(14)20-17(10-16-8-5-7-15(2)19(16)29-20)11-24-22-21-23(26-12-25-21)28-13-27-22/h3-10,12,24,27H,11,13H2,1-2H3,(H,25,26,28). The molecule has 0 amide bonds. The molecule has 2 aromatic carbocycles. The van der Waals surface area contributed by atoms with Gasteiger partial charge in [-0.05, 0) is 36.6 Å². The summed E-state index contributed by atoms with van der Waals surface area (Å²) in [6.45, 7) is 5.40. The van der Waals surface area contributed by atoms with E-state index in [9.17, 15) is 0 Å². The molecule has 3 heterocycles. The van der Waals surface area contributed by atoms with E-state index in [1.165, 1.54) is 11.1 Å². The Hall–Kier alpha value is -3.67. The maximum Gasteiger partial charge on any atom is 0.158 e. The number of aromatic amines is 1. The van der Waals surface area contributed by atoms with Crippen molar-refractivity contribution in [2.75, 3.05) is 6.67 Å². The SMILES string of the molecule is Cc1ccccc1-c1nc2c(C)cccc2cc1CNC1=c2nc[nH]c2=NCN1. The molecule has 0 saturated carbocycles. The van der Waals surface area contributed by atoms with Crippen LogP contribution in [0.5, 0.6) is 0 Å². The lowest BCUT2D eigenvalue weighted by Crippen LogP contribution is -2.43. The average molecular weight is 382 g/mol. The van der Waals surface area contributed by atoms with Crippen LogP contribution in [-0.2, 0) is 6.54 Å². The van der Waals surface area contributed by atoms with Crippen molar-refractivity contribution in [3.8, 4) is 11.3 Å². The summed E-state index contributed by atoms with van der Waals surface area (Å²) in [6.07, 6.45) is 1.67. The molecule has 6 nitrogen and oxygen atoms in total. The number of aryl methyl sites for hydroxylation is 2. The lowest BCUT2D eigenvalue weighted by Gasteiger charge is -2.17. The molecule has 0 spiro atoms. The maximum atomic E-state index is 5.09. The maximum absolute atomic E-state index is 5.09. The zero-order valence-corrected chi connectivity index (χ0v) is 16.5. The van der Waals surface area contributed by atoms with Crippen molar-refractivity contribution in [2.45, 2.75) is 20.4 Å². The number of nitrogens with zero attached hydrogens (tertiary/aromatic N) is 3. The molecule has 6 heteroatoms. The van der Waals surface area contributed by atoms with Crippen molar-refractivity contribution < 1.29 is 0 Å². The molecule has 0 radical (unpaired) electrons. The molecule has 0 aliphatic carbocycles. The zero-order valence-electron chi connectivity index (χ0n) is 16.5. The second-order valence-corrected chi connectivity index (χ2v) is 7.28. The van der Waals surface area contributed by atoms with Crippen LogP contribution < -0.4 is 21.5 Å². The van der Waals surface area contributed by atoms with Crippen LogP contribution in [0.25, 0.3) is 28.0 Å². The normalized spacial score (nSPS) is 13.0. The molecule has 0 unspecified atom stereocenters. The third-order valence-corrected chi connectivity index (χ3v) is 5.33. The summed E-state index contributed by atoms with van der Waals surface area (Å²) < 4.78 is 0. The highest BCUT2D eigenvalue weighted by atomic mass is 15.2. The predicted molar refractivity (Wildman–Crippen MR) is 114 cm³/mol. The fraction of sp³-hybridized carbons (Fsp3) is 0.174. The minimum atomic E-state index is 0.525. The van der Waals surface area contributed by atoms with Crippen molar-refractivity contribution >= 4 is 16.7 Å². The second kappa shape index (κ2) is 7.05. The third-order valence-electron chi connectivity index (χ3n) is 5.33. The van der Waals surface area contributed by atoms with Gasteiger partial charge in [0.1, 0.15) is 17.8 Å². The Morgan fingerprint density at radius 3 is 2.79 bits per heavy atom. The summed E-state index contributed by atoms with van der Waals surface area (Å²) in [5, 5.41) is 8.76. The van der Waals surface area contributed by atoms with Crippen molar-refractivity contribution in [2.24, 2.45) is 4.99 Å². The molecule has 0 bridgehead atoms. The summed E-state index contributed by atoms with van der Waals surface area (Å²) in [6, 6.07) is 17.0. The number of H-pyrrole nitrogens is 1. The number of hydrogen-bond donors (Lipinski definition) is 3. The van der Waals surface area contributed by atoms with Crippen LogP contribution in [0.3, 0.4) is 0 Å². The Kier molecular flexibility index (Phi) is 4.24. The Balaban J connectivity index is 1.63. The number of rotatable bonds is 4. The third kappa shape index (κ3) is 3.12. The molecule has 2 aromatic heterocycles. The first-order valence-electron chi connectivity index (χ1n) is 9.72. The van der Waals surface area contributed by atoms with Gasteiger partial charge in [0.15, 0.2) is 5.49 Å². The molecule has 0 fully saturated rings. The van der Waals surface area contributed by atoms with E-state index in [4.69, 9.17) is 4.98 Å². The minimum Gasteiger partial charge on any atom is -0.366 e. The smallest absolute Gasteiger partial charge is 0.158 e. The van der Waals surface area contributed by atoms with E-state index in [0.29, 0.717) is 13.2 Å². The molecule has 0 saturated heterocycles. The monoisotopic (exact) mass is 382 g/mol. The molecular formula is C23H22N6. The van der Waals surface area contributed by atoms with Crippen molar-refractivity contribution in [1.29, 1.82) is 0 Å². The topological polar surface area (TPSA) is 78.0 Å². The van der Waals surface area contributed by atoms with E-state index in [1.54, 1.807) is 6.33 Å². The van der Waals surface area contributed by atoms with Crippen LogP contribution in [0.15, 0.2) is 59.9 Å². The fourth-order valence-corrected chi connectivity index (χ4v) is 3.80. The van der Waals surface area contributed by atoms with Crippen molar-refractivity contribution in [1.82, 2.24) is 25.6 Å². The number of nitrogens with one attached hydrogen (secondary N) is 3. The number of benzene rings is 2. The summed E-state index contributed by atoms with van der Waals surface area (Å²) >= 11 is 0. The van der Waals surface area contributed by atoms with Crippen molar-refractivity contribution in [3.05, 3.63) is 82.4 Å². The van der Waals surface area contributed by atoms with E-state index in [1.807, 2.05) is 0 Å². The van der Waals surface area contributed by atoms with Crippen LogP contribution in [0.4, 0.5) is 0 Å². The predicted octanol–water partition coefficient (Wildman–Crippen LogP) is 2.28. The molecule has 5 rings (SSSR count). The summed E-state index contributed by atoms with van der Waals surface area (Å²) in [5.41, 5.74) is 7.57. The Morgan fingerprint density at radius 2 is 1.90 bits per heavy atom. The van der Waals surface area contributed by atoms with E-state index in [-0.39, 0.29) is 0 Å². The average Bonchev–Trinajstić information content (AvgIpc) is 3.22. The summed E-state index contributed by atoms with van der Waals surface area (Å²) in [5.74, 6) is 0.885. The van der Waals surface area contributed by atoms with Crippen LogP contribution in [-0.4, -0.2) is 21.6 Å². The lowest BCUT2D eigenvalue weighted by molar-refractivity contribution is 0.737. The van der Waals surface area contributed by atoms with Gasteiger partial charge in [-0.2, -0.15) is 0 Å². The Morgan fingerprint density at radius 1 is 1.03 bits per heavy atom. The van der Waals surface area contributed by atoms with Crippen LogP contribution in [0.1, 0.15) is 16.7 Å². The number of hydrogen-bond acceptors (Lipinski definition) is 5. The van der Waals surface area contributed by atoms with Crippen LogP contribution >= 0.6 is 0 Å². The fourth-order valence-electron chi connectivity index (χ4n) is 3.80. The Labute approximate surface area is 168 Å². The van der Waals surface area contributed by atoms with Gasteiger partial charge in [0.25, 0.3) is 0 Å². The highest BCUT2D eigenvalue weighted by molar-refractivity contribution is 5.86. The van der Waals surface area contributed by atoms with Gasteiger partial charge in [0.2, 0.25) is 0 Å². The Bertz CT molecular complexity index is 1340. The quantitative estimate of drug-likeness (QED) is 0.506. The molecular weight excluding hydrogens is 360 g/mol. The lowest BCUT2D eigenvalue weighted by atomic mass is 9.98. The van der Waals surface area contributed by atoms with Gasteiger partial charge >= 0.3 is 0 Å². The summed E-state index contributed by atoms with van der Waals surface area (Å²) in [7, 11) is 0. The first-order valence-corrected chi connectivity index (χ1v) is 9.72. The van der Waals surface area contributed by atoms with Gasteiger partial charge < -0.3 is 15.6 Å². The molecule has 1 aliphatic rings. The summed E-state index contributed by atoms with van der Waals surface area (Å²) in [4.78, 5) is 16.9. The van der Waals surface area contributed by atoms with Gasteiger partial charge in [-0.15, -0.1) is 0 Å². The molecule has 29 heavy (non-hydrogen) atoms. The number of imidazole rings is 1. The molecule has 1 aliphatic heterocycles. The van der Waals surface area contributed by atoms with Crippen molar-refractivity contribution in [3.63, 3.8) is 0 Å². The molecule has 3 N–H and O–H groups in total. The van der Waals surface area contributed by atoms with E-state index >= 15 is 0 Å². The van der Waals surface area contributed by atoms with Gasteiger partial charge in [0, 0.05) is 17.5 Å². The van der Waals surface area contributed by atoms with E-state index in [2.05, 4.69) is 88.0 Å². The molecule has 0 atom stereocenters. The number of fused-ring (bicyclic) bond motifs is 2. The van der Waals surface area contributed by atoms with E-state index < -0.39 is 0 Å². The van der Waals surface area contributed by atoms with Gasteiger partial charge in [-0.1, -0.05) is 42.5 Å². The van der Waals surface area contributed by atoms with E-state index in [0.717, 1.165) is 44.4 Å². The first kappa shape index (κ1) is 17.4.